The third-order valence-corrected chi connectivity index (χ3v) is 3.93. The average Bonchev–Trinajstić information content (AvgIpc) is 2.78. The first-order chi connectivity index (χ1) is 9.20. The highest BCUT2D eigenvalue weighted by molar-refractivity contribution is 5.83. The van der Waals surface area contributed by atoms with Crippen molar-refractivity contribution in [1.29, 1.82) is 0 Å². The summed E-state index contributed by atoms with van der Waals surface area (Å²) >= 11 is 0. The Kier molecular flexibility index (Phi) is 3.14. The van der Waals surface area contributed by atoms with E-state index in [-0.39, 0.29) is 0 Å². The minimum atomic E-state index is 0.444. The van der Waals surface area contributed by atoms with Crippen LogP contribution in [0.15, 0.2) is 6.20 Å². The van der Waals surface area contributed by atoms with Crippen molar-refractivity contribution in [1.82, 2.24) is 19.9 Å². The van der Waals surface area contributed by atoms with Crippen LogP contribution in [0.2, 0.25) is 0 Å². The fourth-order valence-corrected chi connectivity index (χ4v) is 2.98. The SMILES string of the molecule is COc1nc(C)c2c(C3CCCNC3)cn(C)c2n1. The number of methoxy groups -OCH3 is 1. The van der Waals surface area contributed by atoms with Gasteiger partial charge in [-0.15, -0.1) is 0 Å². The largest absolute Gasteiger partial charge is 0.467 e. The van der Waals surface area contributed by atoms with Crippen molar-refractivity contribution in [2.24, 2.45) is 7.05 Å². The van der Waals surface area contributed by atoms with Gasteiger partial charge in [0.2, 0.25) is 0 Å². The molecule has 0 amide bonds. The zero-order valence-electron chi connectivity index (χ0n) is 11.7. The van der Waals surface area contributed by atoms with Gasteiger partial charge in [0.15, 0.2) is 0 Å². The Morgan fingerprint density at radius 3 is 2.95 bits per heavy atom. The Morgan fingerprint density at radius 2 is 2.26 bits per heavy atom. The number of hydrogen-bond acceptors (Lipinski definition) is 4. The summed E-state index contributed by atoms with van der Waals surface area (Å²) in [6.07, 6.45) is 4.66. The van der Waals surface area contributed by atoms with E-state index in [1.54, 1.807) is 7.11 Å². The van der Waals surface area contributed by atoms with Gasteiger partial charge in [0.05, 0.1) is 12.8 Å². The molecule has 1 atom stereocenters. The predicted octanol–water partition coefficient (Wildman–Crippen LogP) is 1.75. The van der Waals surface area contributed by atoms with Crippen LogP contribution in [-0.4, -0.2) is 34.7 Å². The van der Waals surface area contributed by atoms with E-state index in [1.165, 1.54) is 23.8 Å². The highest BCUT2D eigenvalue weighted by Crippen LogP contribution is 2.32. The number of hydrogen-bond donors (Lipinski definition) is 1. The number of aromatic nitrogens is 3. The lowest BCUT2D eigenvalue weighted by molar-refractivity contribution is 0.380. The number of rotatable bonds is 2. The standard InChI is InChI=1S/C14H20N4O/c1-9-12-11(10-5-4-6-15-7-10)8-18(2)13(12)17-14(16-9)19-3/h8,10,15H,4-7H2,1-3H3. The molecule has 5 heteroatoms. The van der Waals surface area contributed by atoms with Crippen LogP contribution in [0.3, 0.4) is 0 Å². The summed E-state index contributed by atoms with van der Waals surface area (Å²) in [5.41, 5.74) is 3.33. The number of ether oxygens (including phenoxy) is 1. The third-order valence-electron chi connectivity index (χ3n) is 3.93. The lowest BCUT2D eigenvalue weighted by Gasteiger charge is -2.22. The number of piperidine rings is 1. The molecule has 3 heterocycles. The van der Waals surface area contributed by atoms with Crippen LogP contribution in [0, 0.1) is 6.92 Å². The Balaban J connectivity index is 2.15. The van der Waals surface area contributed by atoms with Gasteiger partial charge < -0.3 is 14.6 Å². The van der Waals surface area contributed by atoms with Crippen molar-refractivity contribution < 1.29 is 4.74 Å². The van der Waals surface area contributed by atoms with Gasteiger partial charge in [-0.2, -0.15) is 9.97 Å². The van der Waals surface area contributed by atoms with Gasteiger partial charge in [-0.3, -0.25) is 0 Å². The van der Waals surface area contributed by atoms with Gasteiger partial charge in [0, 0.05) is 25.2 Å². The fourth-order valence-electron chi connectivity index (χ4n) is 2.98. The molecule has 0 saturated carbocycles. The van der Waals surface area contributed by atoms with Crippen molar-refractivity contribution in [2.75, 3.05) is 20.2 Å². The van der Waals surface area contributed by atoms with Crippen LogP contribution in [0.5, 0.6) is 6.01 Å². The fraction of sp³-hybridized carbons (Fsp3) is 0.571. The molecule has 1 saturated heterocycles. The summed E-state index contributed by atoms with van der Waals surface area (Å²) in [7, 11) is 3.64. The molecule has 1 N–H and O–H groups in total. The molecule has 0 spiro atoms. The Bertz CT molecular complexity index is 599. The highest BCUT2D eigenvalue weighted by atomic mass is 16.5. The molecule has 0 radical (unpaired) electrons. The second-order valence-electron chi connectivity index (χ2n) is 5.23. The molecule has 19 heavy (non-hydrogen) atoms. The molecule has 102 valence electrons. The van der Waals surface area contributed by atoms with E-state index in [0.717, 1.165) is 24.4 Å². The topological polar surface area (TPSA) is 52.0 Å². The molecule has 0 aliphatic carbocycles. The Morgan fingerprint density at radius 1 is 1.42 bits per heavy atom. The molecule has 2 aromatic rings. The van der Waals surface area contributed by atoms with E-state index in [4.69, 9.17) is 4.74 Å². The maximum Gasteiger partial charge on any atom is 0.318 e. The molecule has 1 fully saturated rings. The highest BCUT2D eigenvalue weighted by Gasteiger charge is 2.22. The number of nitrogens with one attached hydrogen (secondary N) is 1. The Labute approximate surface area is 113 Å². The van der Waals surface area contributed by atoms with E-state index in [1.807, 2.05) is 14.0 Å². The third kappa shape index (κ3) is 2.08. The van der Waals surface area contributed by atoms with E-state index in [2.05, 4.69) is 26.0 Å². The smallest absolute Gasteiger partial charge is 0.318 e. The first-order valence-electron chi connectivity index (χ1n) is 6.79. The van der Waals surface area contributed by atoms with Crippen molar-refractivity contribution >= 4 is 11.0 Å². The molecule has 0 aromatic carbocycles. The normalized spacial score (nSPS) is 19.8. The summed E-state index contributed by atoms with van der Waals surface area (Å²) in [6.45, 7) is 4.21. The van der Waals surface area contributed by atoms with Gasteiger partial charge in [0.25, 0.3) is 0 Å². The lowest BCUT2D eigenvalue weighted by atomic mass is 9.91. The van der Waals surface area contributed by atoms with Crippen LogP contribution in [0.4, 0.5) is 0 Å². The summed E-state index contributed by atoms with van der Waals surface area (Å²) in [5.74, 6) is 0.563. The maximum absolute atomic E-state index is 5.16. The van der Waals surface area contributed by atoms with Gasteiger partial charge >= 0.3 is 6.01 Å². The summed E-state index contributed by atoms with van der Waals surface area (Å²) in [6, 6.07) is 0.444. The zero-order chi connectivity index (χ0) is 13.4. The molecule has 1 aliphatic heterocycles. The van der Waals surface area contributed by atoms with Gasteiger partial charge in [-0.05, 0) is 37.8 Å². The van der Waals surface area contributed by atoms with Crippen LogP contribution in [0.1, 0.15) is 30.0 Å². The zero-order valence-corrected chi connectivity index (χ0v) is 11.7. The molecule has 1 aliphatic rings. The first-order valence-corrected chi connectivity index (χ1v) is 6.79. The molecule has 5 nitrogen and oxygen atoms in total. The van der Waals surface area contributed by atoms with E-state index in [9.17, 15) is 0 Å². The van der Waals surface area contributed by atoms with Crippen molar-refractivity contribution in [2.45, 2.75) is 25.7 Å². The number of fused-ring (bicyclic) bond motifs is 1. The van der Waals surface area contributed by atoms with Crippen LogP contribution in [0.25, 0.3) is 11.0 Å². The second-order valence-corrected chi connectivity index (χ2v) is 5.23. The van der Waals surface area contributed by atoms with Gasteiger partial charge in [-0.25, -0.2) is 0 Å². The lowest BCUT2D eigenvalue weighted by Crippen LogP contribution is -2.28. The first kappa shape index (κ1) is 12.4. The minimum absolute atomic E-state index is 0.444. The van der Waals surface area contributed by atoms with Gasteiger partial charge in [0.1, 0.15) is 5.65 Å². The molecule has 1 unspecified atom stereocenters. The monoisotopic (exact) mass is 260 g/mol. The molecule has 3 rings (SSSR count). The minimum Gasteiger partial charge on any atom is -0.467 e. The quantitative estimate of drug-likeness (QED) is 0.894. The molecular formula is C14H20N4O. The molecular weight excluding hydrogens is 240 g/mol. The van der Waals surface area contributed by atoms with Crippen LogP contribution >= 0.6 is 0 Å². The molecule has 2 aromatic heterocycles. The van der Waals surface area contributed by atoms with E-state index >= 15 is 0 Å². The van der Waals surface area contributed by atoms with Crippen LogP contribution in [-0.2, 0) is 7.05 Å². The number of nitrogens with zero attached hydrogens (tertiary/aromatic N) is 3. The van der Waals surface area contributed by atoms with Crippen molar-refractivity contribution in [3.63, 3.8) is 0 Å². The van der Waals surface area contributed by atoms with Crippen LogP contribution < -0.4 is 10.1 Å². The summed E-state index contributed by atoms with van der Waals surface area (Å²) in [5, 5.41) is 4.67. The predicted molar refractivity (Wildman–Crippen MR) is 74.6 cm³/mol. The number of aryl methyl sites for hydroxylation is 2. The van der Waals surface area contributed by atoms with E-state index < -0.39 is 0 Å². The average molecular weight is 260 g/mol. The summed E-state index contributed by atoms with van der Waals surface area (Å²) in [4.78, 5) is 8.90. The van der Waals surface area contributed by atoms with E-state index in [0.29, 0.717) is 11.9 Å². The maximum atomic E-state index is 5.16. The Hall–Kier alpha value is -1.62. The molecule has 0 bridgehead atoms. The second kappa shape index (κ2) is 4.81. The van der Waals surface area contributed by atoms with Gasteiger partial charge in [-0.1, -0.05) is 0 Å². The summed E-state index contributed by atoms with van der Waals surface area (Å²) < 4.78 is 7.24. The van der Waals surface area contributed by atoms with Crippen molar-refractivity contribution in [3.8, 4) is 6.01 Å². The van der Waals surface area contributed by atoms with Crippen molar-refractivity contribution in [3.05, 3.63) is 17.5 Å².